The van der Waals surface area contributed by atoms with E-state index in [0.29, 0.717) is 11.3 Å². The number of benzene rings is 3. The number of primary amides is 2. The molecule has 1 aromatic heterocycles. The zero-order chi connectivity index (χ0) is 25.2. The lowest BCUT2D eigenvalue weighted by Gasteiger charge is -2.30. The largest absolute Gasteiger partial charge is 0.368 e. The van der Waals surface area contributed by atoms with E-state index in [1.807, 2.05) is 24.3 Å². The van der Waals surface area contributed by atoms with E-state index in [9.17, 15) is 18.0 Å². The Bertz CT molecular complexity index is 1520. The molecule has 0 aliphatic heterocycles. The maximum atomic E-state index is 14.0. The third-order valence-electron chi connectivity index (χ3n) is 5.87. The molecular weight excluding hydrogens is 468 g/mol. The maximum Gasteiger partial charge on any atom is 0.249 e. The minimum atomic E-state index is -4.75. The Labute approximate surface area is 201 Å². The van der Waals surface area contributed by atoms with Gasteiger partial charge in [0.2, 0.25) is 16.6 Å². The highest BCUT2D eigenvalue weighted by molar-refractivity contribution is 7.94. The molecule has 10 nitrogen and oxygen atoms in total. The van der Waals surface area contributed by atoms with Gasteiger partial charge in [0, 0.05) is 6.42 Å². The van der Waals surface area contributed by atoms with Crippen molar-refractivity contribution in [1.82, 2.24) is 20.2 Å². The molecule has 1 atom stereocenters. The third-order valence-corrected chi connectivity index (χ3v) is 8.53. The first-order valence-corrected chi connectivity index (χ1v) is 12.0. The quantitative estimate of drug-likeness (QED) is 0.264. The molecule has 1 heterocycles. The summed E-state index contributed by atoms with van der Waals surface area (Å²) in [5.74, 6) is -2.95. The second-order valence-corrected chi connectivity index (χ2v) is 10.2. The van der Waals surface area contributed by atoms with Crippen LogP contribution < -0.4 is 11.5 Å². The normalized spacial score (nSPS) is 12.8. The number of fused-ring (bicyclic) bond motifs is 1. The summed E-state index contributed by atoms with van der Waals surface area (Å²) in [6.45, 7) is 3.65. The van der Waals surface area contributed by atoms with E-state index in [1.165, 1.54) is 4.68 Å². The van der Waals surface area contributed by atoms with Gasteiger partial charge in [-0.15, -0.1) is 11.7 Å². The van der Waals surface area contributed by atoms with E-state index in [0.717, 1.165) is 16.8 Å². The van der Waals surface area contributed by atoms with Gasteiger partial charge in [0.1, 0.15) is 5.25 Å². The lowest BCUT2D eigenvalue weighted by atomic mass is 10.0. The maximum absolute atomic E-state index is 14.0. The fourth-order valence-corrected chi connectivity index (χ4v) is 6.11. The predicted molar refractivity (Wildman–Crippen MR) is 130 cm³/mol. The summed E-state index contributed by atoms with van der Waals surface area (Å²) in [7, 11) is -4.75. The fourth-order valence-electron chi connectivity index (χ4n) is 4.03. The van der Waals surface area contributed by atoms with Gasteiger partial charge in [0.25, 0.3) is 0 Å². The zero-order valence-electron chi connectivity index (χ0n) is 18.5. The summed E-state index contributed by atoms with van der Waals surface area (Å²) in [4.78, 5) is 25.6. The Morgan fingerprint density at radius 1 is 0.971 bits per heavy atom. The Morgan fingerprint density at radius 2 is 1.60 bits per heavy atom. The molecule has 4 rings (SSSR count). The van der Waals surface area contributed by atoms with Crippen LogP contribution in [0.4, 0.5) is 0 Å². The highest BCUT2D eigenvalue weighted by Gasteiger charge is 2.58. The van der Waals surface area contributed by atoms with Gasteiger partial charge in [-0.2, -0.15) is 4.68 Å². The molecule has 0 bridgehead atoms. The highest BCUT2D eigenvalue weighted by atomic mass is 32.2. The van der Waals surface area contributed by atoms with Gasteiger partial charge in [-0.3, -0.25) is 9.59 Å². The number of sulfone groups is 1. The molecule has 178 valence electrons. The van der Waals surface area contributed by atoms with Crippen LogP contribution in [0, 0.1) is 0 Å². The van der Waals surface area contributed by atoms with E-state index in [2.05, 4.69) is 22.1 Å². The van der Waals surface area contributed by atoms with E-state index in [1.54, 1.807) is 48.5 Å². The van der Waals surface area contributed by atoms with Crippen molar-refractivity contribution in [3.05, 3.63) is 96.8 Å². The first kappa shape index (κ1) is 23.8. The second kappa shape index (κ2) is 9.11. The average molecular weight is 491 g/mol. The Morgan fingerprint density at radius 3 is 2.23 bits per heavy atom. The SMILES string of the molecule is C=CC(c1ccc2ccccc2c1)S(=O)(=O)C(Cc1nnnn1-c1ccccc1)(C(N)=O)C(N)=O. The van der Waals surface area contributed by atoms with E-state index < -0.39 is 38.1 Å². The van der Waals surface area contributed by atoms with Crippen LogP contribution in [0.15, 0.2) is 85.5 Å². The van der Waals surface area contributed by atoms with Crippen LogP contribution in [-0.2, 0) is 25.8 Å². The first-order chi connectivity index (χ1) is 16.7. The van der Waals surface area contributed by atoms with Crippen LogP contribution in [0.25, 0.3) is 16.5 Å². The minimum Gasteiger partial charge on any atom is -0.368 e. The van der Waals surface area contributed by atoms with Crippen LogP contribution in [-0.4, -0.2) is 45.2 Å². The standard InChI is InChI=1S/C24H22N6O4S/c1-2-20(18-13-12-16-8-6-7-9-17(16)14-18)35(33,34)24(22(25)31,23(26)32)15-21-27-28-29-30(21)19-10-4-3-5-11-19/h2-14,20H,1,15H2,(H2,25,31)(H2,26,32). The highest BCUT2D eigenvalue weighted by Crippen LogP contribution is 2.36. The predicted octanol–water partition coefficient (Wildman–Crippen LogP) is 1.41. The fraction of sp³-hybridized carbons (Fsp3) is 0.125. The minimum absolute atomic E-state index is 0.0845. The monoisotopic (exact) mass is 490 g/mol. The number of nitrogens with two attached hydrogens (primary N) is 2. The molecular formula is C24H22N6O4S. The number of carbonyl (C=O) groups is 2. The van der Waals surface area contributed by atoms with Gasteiger partial charge in [0.05, 0.1) is 5.69 Å². The van der Waals surface area contributed by atoms with Gasteiger partial charge in [0.15, 0.2) is 15.7 Å². The molecule has 0 saturated heterocycles. The number of nitrogens with zero attached hydrogens (tertiary/aromatic N) is 4. The van der Waals surface area contributed by atoms with Crippen LogP contribution in [0.2, 0.25) is 0 Å². The van der Waals surface area contributed by atoms with Crippen LogP contribution in [0.5, 0.6) is 0 Å². The smallest absolute Gasteiger partial charge is 0.249 e. The summed E-state index contributed by atoms with van der Waals surface area (Å²) >= 11 is 0. The van der Waals surface area contributed by atoms with Crippen molar-refractivity contribution >= 4 is 32.4 Å². The average Bonchev–Trinajstić information content (AvgIpc) is 3.31. The van der Waals surface area contributed by atoms with Crippen LogP contribution in [0.1, 0.15) is 16.6 Å². The zero-order valence-corrected chi connectivity index (χ0v) is 19.3. The molecule has 4 N–H and O–H groups in total. The van der Waals surface area contributed by atoms with Crippen LogP contribution >= 0.6 is 0 Å². The van der Waals surface area contributed by atoms with Gasteiger partial charge in [-0.25, -0.2) is 8.42 Å². The third kappa shape index (κ3) is 3.95. The number of aromatic nitrogens is 4. The van der Waals surface area contributed by atoms with Crippen molar-refractivity contribution in [2.75, 3.05) is 0 Å². The number of amides is 2. The Balaban J connectivity index is 1.87. The number of carbonyl (C=O) groups excluding carboxylic acids is 2. The Kier molecular flexibility index (Phi) is 6.18. The van der Waals surface area contributed by atoms with Crippen LogP contribution in [0.3, 0.4) is 0 Å². The van der Waals surface area contributed by atoms with Crippen molar-refractivity contribution in [2.24, 2.45) is 11.5 Å². The van der Waals surface area contributed by atoms with Crippen molar-refractivity contribution in [2.45, 2.75) is 16.4 Å². The molecule has 0 radical (unpaired) electrons. The summed E-state index contributed by atoms with van der Waals surface area (Å²) < 4.78 is 26.4. The van der Waals surface area contributed by atoms with Gasteiger partial charge in [-0.05, 0) is 45.0 Å². The molecule has 1 unspecified atom stereocenters. The van der Waals surface area contributed by atoms with E-state index in [4.69, 9.17) is 11.5 Å². The molecule has 3 aromatic carbocycles. The van der Waals surface area contributed by atoms with Gasteiger partial charge < -0.3 is 11.5 Å². The molecule has 35 heavy (non-hydrogen) atoms. The summed E-state index contributed by atoms with van der Waals surface area (Å²) in [6, 6.07) is 20.9. The summed E-state index contributed by atoms with van der Waals surface area (Å²) in [5.41, 5.74) is 12.0. The number of tetrazole rings is 1. The molecule has 0 aliphatic carbocycles. The van der Waals surface area contributed by atoms with Gasteiger partial charge >= 0.3 is 0 Å². The molecule has 0 aliphatic rings. The van der Waals surface area contributed by atoms with Crippen molar-refractivity contribution < 1.29 is 18.0 Å². The summed E-state index contributed by atoms with van der Waals surface area (Å²) in [6.07, 6.45) is 0.375. The molecule has 2 amide bonds. The molecule has 0 fully saturated rings. The second-order valence-electron chi connectivity index (χ2n) is 7.88. The number of rotatable bonds is 9. The molecule has 0 saturated carbocycles. The number of para-hydroxylation sites is 1. The number of hydrogen-bond acceptors (Lipinski definition) is 7. The molecule has 11 heteroatoms. The first-order valence-electron chi connectivity index (χ1n) is 10.5. The van der Waals surface area contributed by atoms with Crippen molar-refractivity contribution in [3.63, 3.8) is 0 Å². The molecule has 4 aromatic rings. The van der Waals surface area contributed by atoms with Crippen molar-refractivity contribution in [1.29, 1.82) is 0 Å². The number of hydrogen-bond donors (Lipinski definition) is 2. The van der Waals surface area contributed by atoms with E-state index >= 15 is 0 Å². The van der Waals surface area contributed by atoms with Gasteiger partial charge in [-0.1, -0.05) is 60.7 Å². The van der Waals surface area contributed by atoms with E-state index in [-0.39, 0.29) is 5.82 Å². The lowest BCUT2D eigenvalue weighted by Crippen LogP contribution is -2.62. The Hall–Kier alpha value is -4.38. The van der Waals surface area contributed by atoms with Crippen molar-refractivity contribution in [3.8, 4) is 5.69 Å². The summed E-state index contributed by atoms with van der Waals surface area (Å²) in [5, 5.41) is 11.5. The topological polar surface area (TPSA) is 164 Å². The molecule has 0 spiro atoms. The lowest BCUT2D eigenvalue weighted by molar-refractivity contribution is -0.129.